The van der Waals surface area contributed by atoms with Gasteiger partial charge in [0.15, 0.2) is 0 Å². The third-order valence-corrected chi connectivity index (χ3v) is 4.47. The van der Waals surface area contributed by atoms with E-state index in [-0.39, 0.29) is 17.3 Å². The first-order valence-corrected chi connectivity index (χ1v) is 8.93. The van der Waals surface area contributed by atoms with E-state index in [0.29, 0.717) is 6.54 Å². The maximum atomic E-state index is 12.0. The van der Waals surface area contributed by atoms with E-state index in [9.17, 15) is 18.0 Å². The van der Waals surface area contributed by atoms with Gasteiger partial charge in [0.05, 0.1) is 18.0 Å². The lowest BCUT2D eigenvalue weighted by atomic mass is 10.2. The molecule has 0 saturated heterocycles. The molecule has 0 spiro atoms. The van der Waals surface area contributed by atoms with Gasteiger partial charge in [-0.05, 0) is 25.5 Å². The first kappa shape index (κ1) is 19.1. The number of benzene rings is 1. The average molecular weight is 341 g/mol. The number of carbonyl (C=O) groups excluding carboxylic acids is 2. The van der Waals surface area contributed by atoms with E-state index in [1.165, 1.54) is 12.1 Å². The fourth-order valence-corrected chi connectivity index (χ4v) is 2.65. The Morgan fingerprint density at radius 2 is 1.61 bits per heavy atom. The van der Waals surface area contributed by atoms with Crippen molar-refractivity contribution in [2.45, 2.75) is 31.6 Å². The van der Waals surface area contributed by atoms with E-state index < -0.39 is 22.5 Å². The van der Waals surface area contributed by atoms with Gasteiger partial charge in [-0.25, -0.2) is 13.1 Å². The number of hydrogen-bond donors (Lipinski definition) is 3. The zero-order valence-corrected chi connectivity index (χ0v) is 14.2. The van der Waals surface area contributed by atoms with Crippen LogP contribution < -0.4 is 15.4 Å². The Balaban J connectivity index is 2.37. The molecule has 0 aliphatic rings. The van der Waals surface area contributed by atoms with Crippen LogP contribution in [0, 0.1) is 6.92 Å². The zero-order valence-electron chi connectivity index (χ0n) is 13.4. The lowest BCUT2D eigenvalue weighted by Crippen LogP contribution is -2.42. The third-order valence-electron chi connectivity index (χ3n) is 3.05. The van der Waals surface area contributed by atoms with Gasteiger partial charge in [0.1, 0.15) is 0 Å². The minimum Gasteiger partial charge on any atom is -0.355 e. The maximum absolute atomic E-state index is 12.0. The smallest absolute Gasteiger partial charge is 0.241 e. The number of rotatable bonds is 9. The topological polar surface area (TPSA) is 104 Å². The molecule has 3 N–H and O–H groups in total. The molecule has 0 unspecified atom stereocenters. The van der Waals surface area contributed by atoms with E-state index in [1.807, 2.05) is 13.8 Å². The van der Waals surface area contributed by atoms with Crippen LogP contribution in [0.1, 0.15) is 25.3 Å². The van der Waals surface area contributed by atoms with Gasteiger partial charge in [0.2, 0.25) is 21.8 Å². The fraction of sp³-hybridized carbons (Fsp3) is 0.467. The van der Waals surface area contributed by atoms with Crippen molar-refractivity contribution in [2.75, 3.05) is 19.6 Å². The number of carbonyl (C=O) groups is 2. The van der Waals surface area contributed by atoms with Crippen molar-refractivity contribution in [1.82, 2.24) is 15.4 Å². The number of hydrogen-bond acceptors (Lipinski definition) is 4. The van der Waals surface area contributed by atoms with Gasteiger partial charge in [0, 0.05) is 6.54 Å². The van der Waals surface area contributed by atoms with Crippen molar-refractivity contribution >= 4 is 21.8 Å². The van der Waals surface area contributed by atoms with Gasteiger partial charge < -0.3 is 10.6 Å². The summed E-state index contributed by atoms with van der Waals surface area (Å²) >= 11 is 0. The Morgan fingerprint density at radius 1 is 1.00 bits per heavy atom. The number of aryl methyl sites for hydroxylation is 1. The Labute approximate surface area is 136 Å². The summed E-state index contributed by atoms with van der Waals surface area (Å²) < 4.78 is 26.2. The van der Waals surface area contributed by atoms with Crippen molar-refractivity contribution in [3.8, 4) is 0 Å². The molecule has 0 saturated carbocycles. The molecular formula is C15H23N3O4S. The highest BCUT2D eigenvalue weighted by molar-refractivity contribution is 7.89. The number of unbranched alkanes of at least 4 members (excludes halogenated alkanes) is 1. The zero-order chi connectivity index (χ0) is 17.3. The van der Waals surface area contributed by atoms with Gasteiger partial charge in [-0.1, -0.05) is 31.0 Å². The number of nitrogens with one attached hydrogen (secondary N) is 3. The molecule has 8 heteroatoms. The first-order chi connectivity index (χ1) is 10.8. The van der Waals surface area contributed by atoms with Crippen molar-refractivity contribution in [3.63, 3.8) is 0 Å². The molecule has 0 heterocycles. The average Bonchev–Trinajstić information content (AvgIpc) is 2.52. The van der Waals surface area contributed by atoms with Crippen molar-refractivity contribution in [3.05, 3.63) is 29.8 Å². The standard InChI is InChI=1S/C15H23N3O4S/c1-3-4-9-16-14(19)10-17-15(20)11-18-23(21,22)13-7-5-12(2)6-8-13/h5-8,18H,3-4,9-11H2,1-2H3,(H,16,19)(H,17,20). The summed E-state index contributed by atoms with van der Waals surface area (Å²) in [5.74, 6) is -0.862. The molecule has 7 nitrogen and oxygen atoms in total. The van der Waals surface area contributed by atoms with E-state index >= 15 is 0 Å². The Bertz CT molecular complexity index is 627. The van der Waals surface area contributed by atoms with Crippen LogP contribution in [0.4, 0.5) is 0 Å². The molecule has 1 aromatic rings. The van der Waals surface area contributed by atoms with E-state index in [1.54, 1.807) is 12.1 Å². The Morgan fingerprint density at radius 3 is 2.22 bits per heavy atom. The molecular weight excluding hydrogens is 318 g/mol. The molecule has 1 aromatic carbocycles. The van der Waals surface area contributed by atoms with Crippen LogP contribution >= 0.6 is 0 Å². The van der Waals surface area contributed by atoms with E-state index in [4.69, 9.17) is 0 Å². The largest absolute Gasteiger partial charge is 0.355 e. The molecule has 0 radical (unpaired) electrons. The lowest BCUT2D eigenvalue weighted by molar-refractivity contribution is -0.125. The lowest BCUT2D eigenvalue weighted by Gasteiger charge is -2.08. The summed E-state index contributed by atoms with van der Waals surface area (Å²) in [7, 11) is -3.74. The van der Waals surface area contributed by atoms with Gasteiger partial charge in [-0.15, -0.1) is 0 Å². The summed E-state index contributed by atoms with van der Waals surface area (Å²) in [5, 5.41) is 5.01. The molecule has 0 aromatic heterocycles. The SMILES string of the molecule is CCCCNC(=O)CNC(=O)CNS(=O)(=O)c1ccc(C)cc1. The van der Waals surface area contributed by atoms with Crippen molar-refractivity contribution < 1.29 is 18.0 Å². The van der Waals surface area contributed by atoms with Crippen molar-refractivity contribution in [2.24, 2.45) is 0 Å². The summed E-state index contributed by atoms with van der Waals surface area (Å²) in [4.78, 5) is 23.1. The Kier molecular flexibility index (Phi) is 7.70. The molecule has 0 aliphatic heterocycles. The van der Waals surface area contributed by atoms with E-state index in [0.717, 1.165) is 18.4 Å². The molecule has 1 rings (SSSR count). The number of amides is 2. The minimum atomic E-state index is -3.74. The molecule has 0 aliphatic carbocycles. The van der Waals surface area contributed by atoms with Crippen LogP contribution in [-0.4, -0.2) is 39.9 Å². The normalized spacial score (nSPS) is 11.0. The summed E-state index contributed by atoms with van der Waals surface area (Å²) in [6.45, 7) is 3.83. The highest BCUT2D eigenvalue weighted by Crippen LogP contribution is 2.09. The molecule has 2 amide bonds. The fourth-order valence-electron chi connectivity index (χ4n) is 1.67. The molecule has 0 bridgehead atoms. The summed E-state index contributed by atoms with van der Waals surface area (Å²) in [5.41, 5.74) is 0.941. The predicted molar refractivity (Wildman–Crippen MR) is 87.3 cm³/mol. The van der Waals surface area contributed by atoms with Crippen LogP contribution in [0.3, 0.4) is 0 Å². The van der Waals surface area contributed by atoms with Gasteiger partial charge in [-0.3, -0.25) is 9.59 Å². The second-order valence-corrected chi connectivity index (χ2v) is 6.88. The predicted octanol–water partition coefficient (Wildman–Crippen LogP) is 0.306. The van der Waals surface area contributed by atoms with Crippen LogP contribution in [0.2, 0.25) is 0 Å². The van der Waals surface area contributed by atoms with Gasteiger partial charge in [0.25, 0.3) is 0 Å². The van der Waals surface area contributed by atoms with Gasteiger partial charge in [-0.2, -0.15) is 0 Å². The number of sulfonamides is 1. The van der Waals surface area contributed by atoms with Crippen LogP contribution in [0.5, 0.6) is 0 Å². The molecule has 0 fully saturated rings. The first-order valence-electron chi connectivity index (χ1n) is 7.45. The van der Waals surface area contributed by atoms with Gasteiger partial charge >= 0.3 is 0 Å². The second-order valence-electron chi connectivity index (χ2n) is 5.12. The van der Waals surface area contributed by atoms with Crippen molar-refractivity contribution in [1.29, 1.82) is 0 Å². The van der Waals surface area contributed by atoms with Crippen LogP contribution in [-0.2, 0) is 19.6 Å². The summed E-state index contributed by atoms with van der Waals surface area (Å²) in [6, 6.07) is 6.29. The molecule has 128 valence electrons. The highest BCUT2D eigenvalue weighted by Gasteiger charge is 2.15. The summed E-state index contributed by atoms with van der Waals surface area (Å²) in [6.07, 6.45) is 1.84. The Hall–Kier alpha value is -1.93. The third kappa shape index (κ3) is 7.25. The highest BCUT2D eigenvalue weighted by atomic mass is 32.2. The van der Waals surface area contributed by atoms with Crippen LogP contribution in [0.15, 0.2) is 29.2 Å². The molecule has 0 atom stereocenters. The quantitative estimate of drug-likeness (QED) is 0.562. The maximum Gasteiger partial charge on any atom is 0.241 e. The minimum absolute atomic E-state index is 0.0909. The molecule has 23 heavy (non-hydrogen) atoms. The second kappa shape index (κ2) is 9.26. The van der Waals surface area contributed by atoms with Crippen LogP contribution in [0.25, 0.3) is 0 Å². The van der Waals surface area contributed by atoms with E-state index in [2.05, 4.69) is 15.4 Å². The monoisotopic (exact) mass is 341 g/mol.